The Morgan fingerprint density at radius 1 is 1.26 bits per heavy atom. The molecule has 3 N–H and O–H groups in total. The van der Waals surface area contributed by atoms with Crippen LogP contribution < -0.4 is 10.6 Å². The van der Waals surface area contributed by atoms with Gasteiger partial charge in [0.2, 0.25) is 0 Å². The van der Waals surface area contributed by atoms with Gasteiger partial charge in [0.15, 0.2) is 0 Å². The molecule has 1 rings (SSSR count). The lowest BCUT2D eigenvalue weighted by molar-refractivity contribution is -0.136. The molecule has 0 aliphatic heterocycles. The molecule has 19 heavy (non-hydrogen) atoms. The Labute approximate surface area is 110 Å². The zero-order chi connectivity index (χ0) is 14.3. The zero-order valence-corrected chi connectivity index (χ0v) is 10.7. The smallest absolute Gasteiger partial charge is 0.314 e. The van der Waals surface area contributed by atoms with Gasteiger partial charge in [-0.1, -0.05) is 17.7 Å². The Kier molecular flexibility index (Phi) is 5.78. The number of hydrogen-bond donors (Lipinski definition) is 3. The lowest BCUT2D eigenvalue weighted by atomic mass is 10.1. The molecule has 104 valence electrons. The van der Waals surface area contributed by atoms with Crippen LogP contribution in [0.2, 0.25) is 0 Å². The summed E-state index contributed by atoms with van der Waals surface area (Å²) < 4.78 is 13.4. The standard InChI is InChI=1S/C13H17FN2O3/c1-9-2-3-11(14)10(8-9)4-6-15-13(19)16-7-5-12(17)18/h2-3,8H,4-7H2,1H3,(H,17,18)(H2,15,16,19). The fraction of sp³-hybridized carbons (Fsp3) is 0.385. The van der Waals surface area contributed by atoms with Crippen molar-refractivity contribution in [3.63, 3.8) is 0 Å². The van der Waals surface area contributed by atoms with Crippen molar-refractivity contribution in [1.82, 2.24) is 10.6 Å². The number of urea groups is 1. The second kappa shape index (κ2) is 7.35. The quantitative estimate of drug-likeness (QED) is 0.730. The average Bonchev–Trinajstić information content (AvgIpc) is 2.33. The maximum absolute atomic E-state index is 13.4. The van der Waals surface area contributed by atoms with Gasteiger partial charge in [-0.2, -0.15) is 0 Å². The molecular weight excluding hydrogens is 251 g/mol. The van der Waals surface area contributed by atoms with Crippen molar-refractivity contribution in [2.24, 2.45) is 0 Å². The Morgan fingerprint density at radius 3 is 2.63 bits per heavy atom. The molecule has 0 fully saturated rings. The maximum atomic E-state index is 13.4. The predicted octanol–water partition coefficient (Wildman–Crippen LogP) is 1.45. The molecule has 0 bridgehead atoms. The molecule has 1 aromatic rings. The second-order valence-corrected chi connectivity index (χ2v) is 4.17. The number of benzene rings is 1. The molecule has 0 radical (unpaired) electrons. The summed E-state index contributed by atoms with van der Waals surface area (Å²) in [7, 11) is 0. The van der Waals surface area contributed by atoms with Crippen molar-refractivity contribution in [1.29, 1.82) is 0 Å². The third-order valence-electron chi connectivity index (χ3n) is 2.51. The van der Waals surface area contributed by atoms with Crippen LogP contribution in [0, 0.1) is 12.7 Å². The molecule has 2 amide bonds. The highest BCUT2D eigenvalue weighted by Gasteiger charge is 2.04. The summed E-state index contributed by atoms with van der Waals surface area (Å²) in [5.41, 5.74) is 1.51. The highest BCUT2D eigenvalue weighted by atomic mass is 19.1. The summed E-state index contributed by atoms with van der Waals surface area (Å²) >= 11 is 0. The summed E-state index contributed by atoms with van der Waals surface area (Å²) in [6, 6.07) is 4.37. The molecule has 6 heteroatoms. The first-order chi connectivity index (χ1) is 8.99. The summed E-state index contributed by atoms with van der Waals surface area (Å²) in [4.78, 5) is 21.5. The van der Waals surface area contributed by atoms with Crippen LogP contribution in [0.25, 0.3) is 0 Å². The highest BCUT2D eigenvalue weighted by Crippen LogP contribution is 2.09. The van der Waals surface area contributed by atoms with Gasteiger partial charge in [0.1, 0.15) is 5.82 Å². The van der Waals surface area contributed by atoms with Crippen LogP contribution in [0.15, 0.2) is 18.2 Å². The average molecular weight is 268 g/mol. The monoisotopic (exact) mass is 268 g/mol. The van der Waals surface area contributed by atoms with Crippen molar-refractivity contribution in [2.75, 3.05) is 13.1 Å². The summed E-state index contributed by atoms with van der Waals surface area (Å²) in [6.07, 6.45) is 0.264. The topological polar surface area (TPSA) is 78.4 Å². The van der Waals surface area contributed by atoms with Crippen molar-refractivity contribution in [3.05, 3.63) is 35.1 Å². The Balaban J connectivity index is 2.28. The van der Waals surface area contributed by atoms with Gasteiger partial charge in [0, 0.05) is 13.1 Å². The van der Waals surface area contributed by atoms with Gasteiger partial charge in [-0.15, -0.1) is 0 Å². The maximum Gasteiger partial charge on any atom is 0.314 e. The van der Waals surface area contributed by atoms with Crippen LogP contribution in [0.1, 0.15) is 17.5 Å². The van der Waals surface area contributed by atoms with E-state index in [1.54, 1.807) is 12.1 Å². The largest absolute Gasteiger partial charge is 0.481 e. The number of rotatable bonds is 6. The minimum Gasteiger partial charge on any atom is -0.481 e. The fourth-order valence-electron chi connectivity index (χ4n) is 1.55. The van der Waals surface area contributed by atoms with E-state index in [9.17, 15) is 14.0 Å². The van der Waals surface area contributed by atoms with Gasteiger partial charge in [-0.05, 0) is 25.0 Å². The number of carbonyl (C=O) groups is 2. The minimum atomic E-state index is -0.970. The molecule has 0 spiro atoms. The third kappa shape index (κ3) is 5.85. The van der Waals surface area contributed by atoms with E-state index in [0.717, 1.165) is 5.56 Å². The normalized spacial score (nSPS) is 10.0. The lowest BCUT2D eigenvalue weighted by Crippen LogP contribution is -2.37. The first-order valence-corrected chi connectivity index (χ1v) is 5.97. The molecule has 5 nitrogen and oxygen atoms in total. The van der Waals surface area contributed by atoms with Crippen LogP contribution in [0.5, 0.6) is 0 Å². The van der Waals surface area contributed by atoms with E-state index in [1.165, 1.54) is 6.07 Å². The van der Waals surface area contributed by atoms with Crippen molar-refractivity contribution < 1.29 is 19.1 Å². The number of amides is 2. The van der Waals surface area contributed by atoms with Gasteiger partial charge < -0.3 is 15.7 Å². The molecule has 0 saturated heterocycles. The number of halogens is 1. The van der Waals surface area contributed by atoms with Gasteiger partial charge in [0.05, 0.1) is 6.42 Å². The Morgan fingerprint density at radius 2 is 1.95 bits per heavy atom. The van der Waals surface area contributed by atoms with Crippen molar-refractivity contribution in [2.45, 2.75) is 19.8 Å². The van der Waals surface area contributed by atoms with Crippen LogP contribution in [-0.4, -0.2) is 30.2 Å². The molecule has 0 aromatic heterocycles. The summed E-state index contributed by atoms with van der Waals surface area (Å²) in [5, 5.41) is 13.3. The lowest BCUT2D eigenvalue weighted by Gasteiger charge is -2.08. The SMILES string of the molecule is Cc1ccc(F)c(CCNC(=O)NCCC(=O)O)c1. The van der Waals surface area contributed by atoms with E-state index in [4.69, 9.17) is 5.11 Å². The Bertz CT molecular complexity index is 463. The minimum absolute atomic E-state index is 0.0694. The van der Waals surface area contributed by atoms with Gasteiger partial charge in [-0.3, -0.25) is 4.79 Å². The zero-order valence-electron chi connectivity index (χ0n) is 10.7. The van der Waals surface area contributed by atoms with E-state index in [0.29, 0.717) is 18.5 Å². The van der Waals surface area contributed by atoms with Crippen LogP contribution in [-0.2, 0) is 11.2 Å². The number of aryl methyl sites for hydroxylation is 1. The number of carboxylic acid groups (broad SMARTS) is 1. The van der Waals surface area contributed by atoms with Crippen molar-refractivity contribution >= 4 is 12.0 Å². The van der Waals surface area contributed by atoms with E-state index < -0.39 is 12.0 Å². The molecule has 0 aliphatic carbocycles. The molecule has 0 heterocycles. The number of aliphatic carboxylic acids is 1. The predicted molar refractivity (Wildman–Crippen MR) is 68.5 cm³/mol. The highest BCUT2D eigenvalue weighted by molar-refractivity contribution is 5.74. The molecule has 0 saturated carbocycles. The third-order valence-corrected chi connectivity index (χ3v) is 2.51. The van der Waals surface area contributed by atoms with Crippen molar-refractivity contribution in [3.8, 4) is 0 Å². The molecule has 1 aromatic carbocycles. The van der Waals surface area contributed by atoms with Crippen LogP contribution >= 0.6 is 0 Å². The number of hydrogen-bond acceptors (Lipinski definition) is 2. The second-order valence-electron chi connectivity index (χ2n) is 4.17. The molecule has 0 aliphatic rings. The number of carboxylic acids is 1. The summed E-state index contributed by atoms with van der Waals surface area (Å²) in [5.74, 6) is -1.26. The van der Waals surface area contributed by atoms with Gasteiger partial charge in [-0.25, -0.2) is 9.18 Å². The van der Waals surface area contributed by atoms with Gasteiger partial charge in [0.25, 0.3) is 0 Å². The number of carbonyl (C=O) groups excluding carboxylic acids is 1. The van der Waals surface area contributed by atoms with Gasteiger partial charge >= 0.3 is 12.0 Å². The summed E-state index contributed by atoms with van der Waals surface area (Å²) in [6.45, 7) is 2.23. The molecule has 0 unspecified atom stereocenters. The Hall–Kier alpha value is -2.11. The van der Waals surface area contributed by atoms with E-state index in [1.807, 2.05) is 6.92 Å². The first-order valence-electron chi connectivity index (χ1n) is 5.97. The van der Waals surface area contributed by atoms with Crippen LogP contribution in [0.3, 0.4) is 0 Å². The first kappa shape index (κ1) is 14.9. The van der Waals surface area contributed by atoms with Crippen LogP contribution in [0.4, 0.5) is 9.18 Å². The van der Waals surface area contributed by atoms with E-state index in [-0.39, 0.29) is 18.8 Å². The van der Waals surface area contributed by atoms with E-state index in [2.05, 4.69) is 10.6 Å². The molecule has 0 atom stereocenters. The molecular formula is C13H17FN2O3. The number of nitrogens with one attached hydrogen (secondary N) is 2. The van der Waals surface area contributed by atoms with E-state index >= 15 is 0 Å². The fourth-order valence-corrected chi connectivity index (χ4v) is 1.55.